The van der Waals surface area contributed by atoms with Gasteiger partial charge in [0.25, 0.3) is 0 Å². The van der Waals surface area contributed by atoms with E-state index >= 15 is 0 Å². The van der Waals surface area contributed by atoms with Gasteiger partial charge in [0.1, 0.15) is 12.0 Å². The first-order valence-corrected chi connectivity index (χ1v) is 8.20. The van der Waals surface area contributed by atoms with E-state index in [0.29, 0.717) is 30.1 Å². The van der Waals surface area contributed by atoms with Crippen molar-refractivity contribution in [3.05, 3.63) is 34.9 Å². The lowest BCUT2D eigenvalue weighted by molar-refractivity contribution is -0.159. The number of urea groups is 1. The van der Waals surface area contributed by atoms with Crippen LogP contribution in [0.3, 0.4) is 0 Å². The number of halogens is 3. The molecular formula is C14H10F3N5O3S. The average Bonchev–Trinajstić information content (AvgIpc) is 3.32. The van der Waals surface area contributed by atoms with Gasteiger partial charge in [-0.15, -0.1) is 11.3 Å². The fourth-order valence-corrected chi connectivity index (χ4v) is 3.66. The first-order chi connectivity index (χ1) is 12.4. The fourth-order valence-electron chi connectivity index (χ4n) is 2.51. The van der Waals surface area contributed by atoms with Gasteiger partial charge in [0.05, 0.1) is 17.6 Å². The molecule has 26 heavy (non-hydrogen) atoms. The van der Waals surface area contributed by atoms with Gasteiger partial charge in [-0.2, -0.15) is 18.2 Å². The second-order valence-electron chi connectivity index (χ2n) is 5.49. The second-order valence-corrected chi connectivity index (χ2v) is 6.63. The van der Waals surface area contributed by atoms with Crippen molar-refractivity contribution in [3.63, 3.8) is 0 Å². The summed E-state index contributed by atoms with van der Waals surface area (Å²) in [6.45, 7) is 0.807. The van der Waals surface area contributed by atoms with Gasteiger partial charge in [0.2, 0.25) is 5.82 Å². The van der Waals surface area contributed by atoms with Gasteiger partial charge in [-0.05, 0) is 18.1 Å². The van der Waals surface area contributed by atoms with Gasteiger partial charge in [0, 0.05) is 11.4 Å². The molecule has 0 spiro atoms. The summed E-state index contributed by atoms with van der Waals surface area (Å²) in [4.78, 5) is 18.6. The van der Waals surface area contributed by atoms with E-state index in [1.54, 1.807) is 11.0 Å². The summed E-state index contributed by atoms with van der Waals surface area (Å²) in [7, 11) is 0. The predicted octanol–water partition coefficient (Wildman–Crippen LogP) is 3.40. The number of nitrogens with zero attached hydrogens (tertiary/aromatic N) is 4. The summed E-state index contributed by atoms with van der Waals surface area (Å²) in [6.07, 6.45) is -1.41. The number of thiophene rings is 1. The van der Waals surface area contributed by atoms with Crippen molar-refractivity contribution < 1.29 is 27.0 Å². The highest BCUT2D eigenvalue weighted by atomic mass is 32.1. The highest BCUT2D eigenvalue weighted by Gasteiger charge is 2.38. The van der Waals surface area contributed by atoms with Crippen molar-refractivity contribution in [3.8, 4) is 10.7 Å². The topological polar surface area (TPSA) is 97.3 Å². The number of carbonyl (C=O) groups is 1. The summed E-state index contributed by atoms with van der Waals surface area (Å²) in [5.41, 5.74) is 1.40. The molecule has 8 nitrogen and oxygen atoms in total. The molecule has 4 heterocycles. The van der Waals surface area contributed by atoms with Crippen molar-refractivity contribution >= 4 is 23.1 Å². The van der Waals surface area contributed by atoms with E-state index in [-0.39, 0.29) is 11.9 Å². The Morgan fingerprint density at radius 1 is 1.38 bits per heavy atom. The summed E-state index contributed by atoms with van der Waals surface area (Å²) >= 11 is 1.24. The monoisotopic (exact) mass is 385 g/mol. The number of fused-ring (bicyclic) bond motifs is 1. The zero-order valence-corrected chi connectivity index (χ0v) is 13.7. The summed E-state index contributed by atoms with van der Waals surface area (Å²) in [5.74, 6) is -1.49. The zero-order chi connectivity index (χ0) is 18.3. The zero-order valence-electron chi connectivity index (χ0n) is 12.9. The molecule has 0 saturated carbocycles. The lowest BCUT2D eigenvalue weighted by Crippen LogP contribution is -2.38. The van der Waals surface area contributed by atoms with Gasteiger partial charge in [-0.3, -0.25) is 0 Å². The molecule has 3 aromatic rings. The van der Waals surface area contributed by atoms with Crippen LogP contribution in [-0.4, -0.2) is 32.8 Å². The van der Waals surface area contributed by atoms with Crippen molar-refractivity contribution in [2.75, 3.05) is 11.9 Å². The van der Waals surface area contributed by atoms with Crippen molar-refractivity contribution in [1.29, 1.82) is 0 Å². The van der Waals surface area contributed by atoms with E-state index in [1.165, 1.54) is 23.8 Å². The Labute approximate surface area is 147 Å². The molecule has 3 aromatic heterocycles. The fraction of sp³-hybridized carbons (Fsp3) is 0.286. The van der Waals surface area contributed by atoms with E-state index in [2.05, 4.69) is 29.7 Å². The number of aromatic nitrogens is 3. The third-order valence-electron chi connectivity index (χ3n) is 3.74. The van der Waals surface area contributed by atoms with Crippen molar-refractivity contribution in [2.45, 2.75) is 19.1 Å². The summed E-state index contributed by atoms with van der Waals surface area (Å²) < 4.78 is 46.7. The quantitative estimate of drug-likeness (QED) is 0.726. The molecule has 1 aliphatic heterocycles. The Morgan fingerprint density at radius 3 is 2.92 bits per heavy atom. The Bertz CT molecular complexity index is 934. The number of amides is 2. The Hall–Kier alpha value is -2.89. The normalized spacial score (nSPS) is 14.3. The number of hydrogen-bond donors (Lipinski definition) is 1. The molecule has 0 atom stereocenters. The van der Waals surface area contributed by atoms with Crippen LogP contribution < -0.4 is 5.32 Å². The van der Waals surface area contributed by atoms with Crippen LogP contribution in [0.2, 0.25) is 0 Å². The minimum absolute atomic E-state index is 0.114. The van der Waals surface area contributed by atoms with E-state index < -0.39 is 12.1 Å². The average molecular weight is 385 g/mol. The SMILES string of the molecule is O=C(Nc1cnoc1)N1CCc2cc(-c3noc(C(F)(F)F)n3)sc2C1. The molecule has 12 heteroatoms. The minimum Gasteiger partial charge on any atom is -0.363 e. The van der Waals surface area contributed by atoms with Crippen molar-refractivity contribution in [2.24, 2.45) is 0 Å². The number of hydrogen-bond acceptors (Lipinski definition) is 7. The maximum absolute atomic E-state index is 12.6. The molecule has 2 amide bonds. The number of anilines is 1. The first kappa shape index (κ1) is 16.6. The summed E-state index contributed by atoms with van der Waals surface area (Å²) in [5, 5.41) is 9.55. The van der Waals surface area contributed by atoms with Crippen molar-refractivity contribution in [1.82, 2.24) is 20.2 Å². The van der Waals surface area contributed by atoms with Crippen LogP contribution in [-0.2, 0) is 19.1 Å². The van der Waals surface area contributed by atoms with Gasteiger partial charge in [-0.25, -0.2) is 4.79 Å². The smallest absolute Gasteiger partial charge is 0.363 e. The van der Waals surface area contributed by atoms with Crippen LogP contribution in [0.1, 0.15) is 16.3 Å². The Morgan fingerprint density at radius 2 is 2.23 bits per heavy atom. The van der Waals surface area contributed by atoms with Gasteiger partial charge in [0.15, 0.2) is 0 Å². The van der Waals surface area contributed by atoms with Crippen LogP contribution in [0, 0.1) is 0 Å². The largest absolute Gasteiger partial charge is 0.471 e. The molecule has 1 aliphatic rings. The van der Waals surface area contributed by atoms with E-state index in [0.717, 1.165) is 10.4 Å². The van der Waals surface area contributed by atoms with Crippen LogP contribution in [0.15, 0.2) is 27.6 Å². The maximum Gasteiger partial charge on any atom is 0.471 e. The number of rotatable bonds is 2. The summed E-state index contributed by atoms with van der Waals surface area (Å²) in [6, 6.07) is 1.42. The Balaban J connectivity index is 1.50. The van der Waals surface area contributed by atoms with E-state index in [9.17, 15) is 18.0 Å². The molecule has 0 saturated heterocycles. The number of carbonyl (C=O) groups excluding carboxylic acids is 1. The predicted molar refractivity (Wildman–Crippen MR) is 82.2 cm³/mol. The highest BCUT2D eigenvalue weighted by molar-refractivity contribution is 7.15. The lowest BCUT2D eigenvalue weighted by Gasteiger charge is -2.26. The molecule has 1 N–H and O–H groups in total. The molecule has 0 aliphatic carbocycles. The minimum atomic E-state index is -4.68. The molecule has 0 fully saturated rings. The first-order valence-electron chi connectivity index (χ1n) is 7.38. The van der Waals surface area contributed by atoms with Crippen LogP contribution in [0.5, 0.6) is 0 Å². The standard InChI is InChI=1S/C14H10F3N5O3S/c15-14(16,17)12-20-11(21-25-12)9-3-7-1-2-22(5-10(7)26-9)13(23)19-8-4-18-24-6-8/h3-4,6H,1-2,5H2,(H,19,23). The molecule has 136 valence electrons. The van der Waals surface area contributed by atoms with E-state index in [1.807, 2.05) is 0 Å². The van der Waals surface area contributed by atoms with Gasteiger partial charge < -0.3 is 19.3 Å². The lowest BCUT2D eigenvalue weighted by atomic mass is 10.1. The van der Waals surface area contributed by atoms with Gasteiger partial charge >= 0.3 is 18.1 Å². The molecule has 4 rings (SSSR count). The molecule has 0 bridgehead atoms. The number of alkyl halides is 3. The molecular weight excluding hydrogens is 375 g/mol. The number of nitrogens with one attached hydrogen (secondary N) is 1. The second kappa shape index (κ2) is 6.12. The molecule has 0 aromatic carbocycles. The molecule has 0 radical (unpaired) electrons. The maximum atomic E-state index is 12.6. The molecule has 0 unspecified atom stereocenters. The van der Waals surface area contributed by atoms with Gasteiger partial charge in [-0.1, -0.05) is 10.3 Å². The third-order valence-corrected chi connectivity index (χ3v) is 4.90. The van der Waals surface area contributed by atoms with Crippen LogP contribution in [0.25, 0.3) is 10.7 Å². The van der Waals surface area contributed by atoms with E-state index in [4.69, 9.17) is 0 Å². The third kappa shape index (κ3) is 3.14. The van der Waals surface area contributed by atoms with Crippen LogP contribution in [0.4, 0.5) is 23.7 Å². The highest BCUT2D eigenvalue weighted by Crippen LogP contribution is 2.35. The van der Waals surface area contributed by atoms with Crippen LogP contribution >= 0.6 is 11.3 Å². The Kier molecular flexibility index (Phi) is 3.90.